The highest BCUT2D eigenvalue weighted by Gasteiger charge is 2.19. The third-order valence-corrected chi connectivity index (χ3v) is 8.82. The first-order chi connectivity index (χ1) is 21.8. The molecule has 2 heteroatoms. The Hall–Kier alpha value is -5.86. The molecule has 0 aliphatic heterocycles. The van der Waals surface area contributed by atoms with Gasteiger partial charge >= 0.3 is 0 Å². The molecule has 2 nitrogen and oxygen atoms in total. The van der Waals surface area contributed by atoms with Crippen LogP contribution in [0.4, 0.5) is 17.1 Å². The lowest BCUT2D eigenvalue weighted by molar-refractivity contribution is 0.669. The molecule has 0 fully saturated rings. The molecule has 44 heavy (non-hydrogen) atoms. The average molecular weight is 562 g/mol. The van der Waals surface area contributed by atoms with Gasteiger partial charge in [0.15, 0.2) is 0 Å². The first-order valence-corrected chi connectivity index (χ1v) is 15.0. The molecule has 1 aromatic heterocycles. The minimum absolute atomic E-state index is 0.892. The minimum Gasteiger partial charge on any atom is -0.456 e. The predicted octanol–water partition coefficient (Wildman–Crippen LogP) is 12.2. The zero-order valence-corrected chi connectivity index (χ0v) is 23.9. The second-order valence-corrected chi connectivity index (χ2v) is 11.4. The molecule has 0 aliphatic rings. The molecule has 0 N–H and O–H groups in total. The number of anilines is 3. The van der Waals surface area contributed by atoms with E-state index >= 15 is 0 Å². The lowest BCUT2D eigenvalue weighted by atomic mass is 9.98. The van der Waals surface area contributed by atoms with Crippen molar-refractivity contribution in [1.29, 1.82) is 0 Å². The molecule has 1 heterocycles. The lowest BCUT2D eigenvalue weighted by Crippen LogP contribution is -2.10. The van der Waals surface area contributed by atoms with Gasteiger partial charge in [-0.2, -0.15) is 0 Å². The van der Waals surface area contributed by atoms with Crippen LogP contribution < -0.4 is 4.90 Å². The molecule has 0 unspecified atom stereocenters. The second kappa shape index (κ2) is 9.86. The summed E-state index contributed by atoms with van der Waals surface area (Å²) in [4.78, 5) is 2.40. The van der Waals surface area contributed by atoms with Crippen LogP contribution in [-0.2, 0) is 0 Å². The summed E-state index contributed by atoms with van der Waals surface area (Å²) in [6.07, 6.45) is 0. The van der Waals surface area contributed by atoms with Crippen LogP contribution in [0.25, 0.3) is 65.4 Å². The topological polar surface area (TPSA) is 16.4 Å². The molecule has 0 atom stereocenters. The molecular formula is C42H27NO. The van der Waals surface area contributed by atoms with Crippen molar-refractivity contribution in [2.75, 3.05) is 4.90 Å². The molecule has 0 saturated heterocycles. The second-order valence-electron chi connectivity index (χ2n) is 11.4. The van der Waals surface area contributed by atoms with Crippen LogP contribution in [-0.4, -0.2) is 0 Å². The van der Waals surface area contributed by atoms with E-state index in [0.29, 0.717) is 0 Å². The van der Waals surface area contributed by atoms with Gasteiger partial charge in [-0.05, 0) is 80.5 Å². The summed E-state index contributed by atoms with van der Waals surface area (Å²) in [7, 11) is 0. The molecule has 0 saturated carbocycles. The molecule has 0 aliphatic carbocycles. The molecule has 0 radical (unpaired) electrons. The van der Waals surface area contributed by atoms with Crippen molar-refractivity contribution in [3.63, 3.8) is 0 Å². The van der Waals surface area contributed by atoms with Crippen molar-refractivity contribution >= 4 is 71.3 Å². The SMILES string of the molecule is c1ccc(-c2ccc(N(c3ccc4oc5ccc6ccccc6c5c4c3)c3cc4ccccc4c4ccccc34)cc2)cc1. The molecule has 0 spiro atoms. The third kappa shape index (κ3) is 3.89. The van der Waals surface area contributed by atoms with Crippen LogP contribution in [0.3, 0.4) is 0 Å². The molecule has 0 bridgehead atoms. The number of hydrogen-bond acceptors (Lipinski definition) is 2. The van der Waals surface area contributed by atoms with E-state index in [9.17, 15) is 0 Å². The van der Waals surface area contributed by atoms with Gasteiger partial charge in [0, 0.05) is 27.5 Å². The number of benzene rings is 8. The number of rotatable bonds is 4. The van der Waals surface area contributed by atoms with E-state index in [1.165, 1.54) is 43.4 Å². The van der Waals surface area contributed by atoms with E-state index in [-0.39, 0.29) is 0 Å². The van der Waals surface area contributed by atoms with Crippen LogP contribution in [0, 0.1) is 0 Å². The Kier molecular flexibility index (Phi) is 5.54. The number of hydrogen-bond donors (Lipinski definition) is 0. The van der Waals surface area contributed by atoms with E-state index in [2.05, 4.69) is 169 Å². The third-order valence-electron chi connectivity index (χ3n) is 8.82. The largest absolute Gasteiger partial charge is 0.456 e. The Morgan fingerprint density at radius 3 is 1.80 bits per heavy atom. The Labute approximate surface area is 255 Å². The first-order valence-electron chi connectivity index (χ1n) is 15.0. The Bertz CT molecular complexity index is 2490. The smallest absolute Gasteiger partial charge is 0.136 e. The highest BCUT2D eigenvalue weighted by Crippen LogP contribution is 2.44. The molecular weight excluding hydrogens is 534 g/mol. The van der Waals surface area contributed by atoms with E-state index in [4.69, 9.17) is 4.42 Å². The van der Waals surface area contributed by atoms with Crippen molar-refractivity contribution < 1.29 is 4.42 Å². The normalized spacial score (nSPS) is 11.6. The van der Waals surface area contributed by atoms with Crippen molar-refractivity contribution in [1.82, 2.24) is 0 Å². The lowest BCUT2D eigenvalue weighted by Gasteiger charge is -2.28. The van der Waals surface area contributed by atoms with Crippen LogP contribution in [0.1, 0.15) is 0 Å². The molecule has 9 rings (SSSR count). The summed E-state index contributed by atoms with van der Waals surface area (Å²) in [6.45, 7) is 0. The summed E-state index contributed by atoms with van der Waals surface area (Å²) >= 11 is 0. The quantitative estimate of drug-likeness (QED) is 0.199. The van der Waals surface area contributed by atoms with Gasteiger partial charge in [0.1, 0.15) is 11.2 Å². The number of fused-ring (bicyclic) bond motifs is 8. The average Bonchev–Trinajstić information content (AvgIpc) is 3.48. The molecule has 9 aromatic rings. The maximum Gasteiger partial charge on any atom is 0.136 e. The molecule has 0 amide bonds. The van der Waals surface area contributed by atoms with Crippen molar-refractivity contribution in [3.8, 4) is 11.1 Å². The number of nitrogens with zero attached hydrogens (tertiary/aromatic N) is 1. The standard InChI is InChI=1S/C42H27NO/c1-2-10-28(11-3-1)29-18-21-32(22-19-29)43(39-26-31-13-5-6-14-34(31)36-16-8-9-17-37(36)39)33-23-25-40-38(27-33)42-35-15-7-4-12-30(35)20-24-41(42)44-40/h1-27H. The van der Waals surface area contributed by atoms with Crippen molar-refractivity contribution in [2.24, 2.45) is 0 Å². The van der Waals surface area contributed by atoms with Gasteiger partial charge in [0.2, 0.25) is 0 Å². The summed E-state index contributed by atoms with van der Waals surface area (Å²) in [5, 5.41) is 9.61. The van der Waals surface area contributed by atoms with Crippen molar-refractivity contribution in [2.45, 2.75) is 0 Å². The molecule has 8 aromatic carbocycles. The maximum absolute atomic E-state index is 6.38. The number of furan rings is 1. The summed E-state index contributed by atoms with van der Waals surface area (Å²) in [5.41, 5.74) is 7.53. The van der Waals surface area contributed by atoms with E-state index in [0.717, 1.165) is 39.0 Å². The van der Waals surface area contributed by atoms with Crippen LogP contribution >= 0.6 is 0 Å². The van der Waals surface area contributed by atoms with Crippen molar-refractivity contribution in [3.05, 3.63) is 164 Å². The maximum atomic E-state index is 6.38. The molecule has 206 valence electrons. The van der Waals surface area contributed by atoms with Gasteiger partial charge in [0.25, 0.3) is 0 Å². The fourth-order valence-electron chi connectivity index (χ4n) is 6.75. The van der Waals surface area contributed by atoms with E-state index < -0.39 is 0 Å². The summed E-state index contributed by atoms with van der Waals surface area (Å²) < 4.78 is 6.38. The fraction of sp³-hybridized carbons (Fsp3) is 0. The Morgan fingerprint density at radius 1 is 0.364 bits per heavy atom. The summed E-state index contributed by atoms with van der Waals surface area (Å²) in [5.74, 6) is 0. The summed E-state index contributed by atoms with van der Waals surface area (Å²) in [6, 6.07) is 58.6. The fourth-order valence-corrected chi connectivity index (χ4v) is 6.75. The zero-order valence-electron chi connectivity index (χ0n) is 23.9. The van der Waals surface area contributed by atoms with Crippen LogP contribution in [0.15, 0.2) is 168 Å². The minimum atomic E-state index is 0.892. The highest BCUT2D eigenvalue weighted by atomic mass is 16.3. The first kappa shape index (κ1) is 24.7. The van der Waals surface area contributed by atoms with E-state index in [1.54, 1.807) is 0 Å². The van der Waals surface area contributed by atoms with Gasteiger partial charge in [-0.1, -0.05) is 121 Å². The van der Waals surface area contributed by atoms with Crippen LogP contribution in [0.2, 0.25) is 0 Å². The van der Waals surface area contributed by atoms with Gasteiger partial charge in [-0.25, -0.2) is 0 Å². The van der Waals surface area contributed by atoms with Gasteiger partial charge < -0.3 is 9.32 Å². The van der Waals surface area contributed by atoms with Gasteiger partial charge in [-0.15, -0.1) is 0 Å². The highest BCUT2D eigenvalue weighted by molar-refractivity contribution is 6.20. The van der Waals surface area contributed by atoms with Crippen LogP contribution in [0.5, 0.6) is 0 Å². The Morgan fingerprint density at radius 2 is 0.977 bits per heavy atom. The van der Waals surface area contributed by atoms with Gasteiger partial charge in [-0.3, -0.25) is 0 Å². The predicted molar refractivity (Wildman–Crippen MR) is 186 cm³/mol. The monoisotopic (exact) mass is 561 g/mol. The zero-order chi connectivity index (χ0) is 29.0. The van der Waals surface area contributed by atoms with E-state index in [1.807, 2.05) is 0 Å². The Balaban J connectivity index is 1.33. The van der Waals surface area contributed by atoms with Gasteiger partial charge in [0.05, 0.1) is 5.69 Å².